The largest absolute Gasteiger partial charge is 0.359 e. The van der Waals surface area contributed by atoms with Gasteiger partial charge in [0, 0.05) is 67.4 Å². The summed E-state index contributed by atoms with van der Waals surface area (Å²) in [5, 5.41) is 6.16. The van der Waals surface area contributed by atoms with Gasteiger partial charge in [-0.1, -0.05) is 51.9 Å². The second-order valence-corrected chi connectivity index (χ2v) is 11.7. The standard InChI is InChI=1S/C27H32N6O4S2/c1-18-17-32(25(35)19-6-3-2-4-7-19)12-13-33(18)26(36)24(34)21-16-30-23-20(21)8-5-9-22(23)31-27(37)29-11-15-39-38-14-10-28/h2-9,16,18,30H,10-15,17,28H2,1H3,(H2,29,31,37)/t18-/m1/s1. The van der Waals surface area contributed by atoms with E-state index in [1.54, 1.807) is 56.8 Å². The predicted octanol–water partition coefficient (Wildman–Crippen LogP) is 3.19. The molecule has 1 aliphatic rings. The Bertz CT molecular complexity index is 1330. The van der Waals surface area contributed by atoms with Crippen molar-refractivity contribution in [1.82, 2.24) is 20.1 Å². The maximum atomic E-state index is 13.3. The van der Waals surface area contributed by atoms with Crippen molar-refractivity contribution < 1.29 is 19.2 Å². The zero-order valence-electron chi connectivity index (χ0n) is 21.6. The number of urea groups is 1. The van der Waals surface area contributed by atoms with E-state index in [1.807, 2.05) is 25.1 Å². The number of hydrogen-bond acceptors (Lipinski definition) is 7. The second kappa shape index (κ2) is 13.5. The number of H-pyrrole nitrogens is 1. The summed E-state index contributed by atoms with van der Waals surface area (Å²) in [6, 6.07) is 13.5. The third kappa shape index (κ3) is 6.94. The lowest BCUT2D eigenvalue weighted by Gasteiger charge is -2.39. The Morgan fingerprint density at radius 3 is 2.54 bits per heavy atom. The molecule has 39 heavy (non-hydrogen) atoms. The highest BCUT2D eigenvalue weighted by Crippen LogP contribution is 2.27. The Kier molecular flexibility index (Phi) is 9.90. The Morgan fingerprint density at radius 2 is 1.79 bits per heavy atom. The van der Waals surface area contributed by atoms with Crippen LogP contribution in [0.2, 0.25) is 0 Å². The maximum absolute atomic E-state index is 13.3. The van der Waals surface area contributed by atoms with Crippen molar-refractivity contribution in [2.75, 3.05) is 49.5 Å². The number of nitrogens with two attached hydrogens (primary N) is 1. The van der Waals surface area contributed by atoms with Crippen molar-refractivity contribution in [3.63, 3.8) is 0 Å². The van der Waals surface area contributed by atoms with Crippen molar-refractivity contribution in [1.29, 1.82) is 0 Å². The molecule has 0 saturated carbocycles. The zero-order chi connectivity index (χ0) is 27.8. The highest BCUT2D eigenvalue weighted by Gasteiger charge is 2.34. The van der Waals surface area contributed by atoms with Gasteiger partial charge in [-0.15, -0.1) is 0 Å². The van der Waals surface area contributed by atoms with E-state index in [0.717, 1.165) is 11.5 Å². The number of benzene rings is 2. The number of carbonyl (C=O) groups excluding carboxylic acids is 4. The van der Waals surface area contributed by atoms with Gasteiger partial charge in [-0.2, -0.15) is 0 Å². The third-order valence-corrected chi connectivity index (χ3v) is 8.79. The molecule has 5 N–H and O–H groups in total. The van der Waals surface area contributed by atoms with Gasteiger partial charge in [-0.25, -0.2) is 4.79 Å². The van der Waals surface area contributed by atoms with Gasteiger partial charge < -0.3 is 31.2 Å². The number of ketones is 1. The average molecular weight is 569 g/mol. The third-order valence-electron chi connectivity index (χ3n) is 6.35. The molecule has 2 heterocycles. The Labute approximate surface area is 234 Å². The molecule has 0 unspecified atom stereocenters. The Hall–Kier alpha value is -3.48. The highest BCUT2D eigenvalue weighted by molar-refractivity contribution is 8.76. The zero-order valence-corrected chi connectivity index (χ0v) is 23.3. The quantitative estimate of drug-likeness (QED) is 0.127. The van der Waals surface area contributed by atoms with Crippen LogP contribution in [-0.2, 0) is 4.79 Å². The van der Waals surface area contributed by atoms with Crippen LogP contribution in [0.3, 0.4) is 0 Å². The summed E-state index contributed by atoms with van der Waals surface area (Å²) in [5.74, 6) is 0.267. The molecule has 12 heteroatoms. The highest BCUT2D eigenvalue weighted by atomic mass is 33.1. The van der Waals surface area contributed by atoms with E-state index < -0.39 is 11.7 Å². The topological polar surface area (TPSA) is 141 Å². The molecule has 2 aromatic carbocycles. The van der Waals surface area contributed by atoms with Gasteiger partial charge in [0.2, 0.25) is 0 Å². The molecule has 206 valence electrons. The normalized spacial score (nSPS) is 15.3. The molecule has 1 atom stereocenters. The summed E-state index contributed by atoms with van der Waals surface area (Å²) in [6.45, 7) is 3.90. The first kappa shape index (κ1) is 28.5. The van der Waals surface area contributed by atoms with E-state index in [-0.39, 0.29) is 30.1 Å². The van der Waals surface area contributed by atoms with Crippen molar-refractivity contribution in [3.8, 4) is 0 Å². The first-order valence-corrected chi connectivity index (χ1v) is 15.2. The molecule has 10 nitrogen and oxygen atoms in total. The molecule has 1 saturated heterocycles. The fourth-order valence-corrected chi connectivity index (χ4v) is 6.20. The number of nitrogens with zero attached hydrogens (tertiary/aromatic N) is 2. The SMILES string of the molecule is C[C@@H]1CN(C(=O)c2ccccc2)CCN1C(=O)C(=O)c1c[nH]c2c(NC(=O)NCCSSCCN)cccc12. The van der Waals surface area contributed by atoms with Gasteiger partial charge >= 0.3 is 6.03 Å². The summed E-state index contributed by atoms with van der Waals surface area (Å²) in [5.41, 5.74) is 7.36. The van der Waals surface area contributed by atoms with Crippen LogP contribution in [0.25, 0.3) is 10.9 Å². The van der Waals surface area contributed by atoms with E-state index in [9.17, 15) is 19.2 Å². The van der Waals surface area contributed by atoms with Gasteiger partial charge in [0.15, 0.2) is 0 Å². The lowest BCUT2D eigenvalue weighted by atomic mass is 10.1. The van der Waals surface area contributed by atoms with Crippen LogP contribution in [0.15, 0.2) is 54.7 Å². The number of aromatic nitrogens is 1. The maximum Gasteiger partial charge on any atom is 0.319 e. The number of para-hydroxylation sites is 1. The molecule has 0 spiro atoms. The van der Waals surface area contributed by atoms with Crippen LogP contribution in [0.1, 0.15) is 27.6 Å². The number of rotatable bonds is 10. The minimum absolute atomic E-state index is 0.0918. The number of carbonyl (C=O) groups is 4. The van der Waals surface area contributed by atoms with Crippen LogP contribution in [0.5, 0.6) is 0 Å². The molecule has 3 aromatic rings. The summed E-state index contributed by atoms with van der Waals surface area (Å²) in [7, 11) is 3.31. The molecule has 1 aromatic heterocycles. The molecule has 0 aliphatic carbocycles. The van der Waals surface area contributed by atoms with Crippen molar-refractivity contribution >= 4 is 61.8 Å². The lowest BCUT2D eigenvalue weighted by Crippen LogP contribution is -2.56. The number of fused-ring (bicyclic) bond motifs is 1. The van der Waals surface area contributed by atoms with Crippen molar-refractivity contribution in [2.24, 2.45) is 5.73 Å². The number of hydrogen-bond donors (Lipinski definition) is 4. The predicted molar refractivity (Wildman–Crippen MR) is 157 cm³/mol. The number of anilines is 1. The monoisotopic (exact) mass is 568 g/mol. The Morgan fingerprint density at radius 1 is 1.03 bits per heavy atom. The first-order valence-electron chi connectivity index (χ1n) is 12.7. The molecular formula is C27H32N6O4S2. The number of nitrogens with one attached hydrogen (secondary N) is 3. The summed E-state index contributed by atoms with van der Waals surface area (Å²) < 4.78 is 0. The summed E-state index contributed by atoms with van der Waals surface area (Å²) >= 11 is 0. The average Bonchev–Trinajstić information content (AvgIpc) is 3.39. The molecule has 0 bridgehead atoms. The van der Waals surface area contributed by atoms with E-state index >= 15 is 0 Å². The van der Waals surface area contributed by atoms with Gasteiger partial charge in [-0.05, 0) is 25.1 Å². The van der Waals surface area contributed by atoms with Crippen molar-refractivity contribution in [3.05, 3.63) is 65.9 Å². The minimum atomic E-state index is -0.635. The van der Waals surface area contributed by atoms with Gasteiger partial charge in [0.05, 0.1) is 16.8 Å². The van der Waals surface area contributed by atoms with Gasteiger partial charge in [0.25, 0.3) is 17.6 Å². The van der Waals surface area contributed by atoms with E-state index in [2.05, 4.69) is 15.6 Å². The number of amides is 4. The van der Waals surface area contributed by atoms with E-state index in [0.29, 0.717) is 48.3 Å². The van der Waals surface area contributed by atoms with Crippen molar-refractivity contribution in [2.45, 2.75) is 13.0 Å². The van der Waals surface area contributed by atoms with E-state index in [1.165, 1.54) is 11.1 Å². The Balaban J connectivity index is 1.37. The molecule has 4 rings (SSSR count). The van der Waals surface area contributed by atoms with Gasteiger partial charge in [-0.3, -0.25) is 14.4 Å². The molecule has 1 fully saturated rings. The van der Waals surface area contributed by atoms with E-state index in [4.69, 9.17) is 5.73 Å². The van der Waals surface area contributed by atoms with Crippen LogP contribution >= 0.6 is 21.6 Å². The van der Waals surface area contributed by atoms with Crippen LogP contribution < -0.4 is 16.4 Å². The van der Waals surface area contributed by atoms with Gasteiger partial charge in [0.1, 0.15) is 0 Å². The fourth-order valence-electron chi connectivity index (χ4n) is 4.44. The number of aromatic amines is 1. The van der Waals surface area contributed by atoms with Crippen LogP contribution in [0.4, 0.5) is 10.5 Å². The number of Topliss-reactive ketones (excluding diaryl/α,β-unsaturated/α-hetero) is 1. The fraction of sp³-hybridized carbons (Fsp3) is 0.333. The summed E-state index contributed by atoms with van der Waals surface area (Å²) in [4.78, 5) is 58.0. The number of piperazine rings is 1. The molecule has 4 amide bonds. The second-order valence-electron chi connectivity index (χ2n) is 9.04. The van der Waals surface area contributed by atoms with Crippen LogP contribution in [0, 0.1) is 0 Å². The lowest BCUT2D eigenvalue weighted by molar-refractivity contribution is -0.130. The molecular weight excluding hydrogens is 536 g/mol. The summed E-state index contributed by atoms with van der Waals surface area (Å²) in [6.07, 6.45) is 1.50. The smallest absolute Gasteiger partial charge is 0.319 e. The first-order chi connectivity index (χ1) is 18.9. The molecule has 0 radical (unpaired) electrons. The molecule has 1 aliphatic heterocycles. The minimum Gasteiger partial charge on any atom is -0.359 e. The van der Waals surface area contributed by atoms with Crippen LogP contribution in [-0.4, -0.2) is 88.7 Å².